The number of fused-ring (bicyclic) bond motifs is 1. The zero-order chi connectivity index (χ0) is 23.5. The smallest absolute Gasteiger partial charge is 0.227 e. The van der Waals surface area contributed by atoms with E-state index >= 15 is 0 Å². The van der Waals surface area contributed by atoms with Crippen molar-refractivity contribution in [1.29, 1.82) is 0 Å². The standard InChI is InChI=1S/C25H26N4O4S/c1-31-19-11-10-16(15-20(19)32-2)24-27-22(33-28-24)12-13-23(30)29-14-6-5-8-18(29)25-26-17-7-3-4-9-21(17)34-25/h3-4,7,9-11,15,18H,5-6,8,12-14H2,1-2H3. The summed E-state index contributed by atoms with van der Waals surface area (Å²) < 4.78 is 17.2. The largest absolute Gasteiger partial charge is 0.493 e. The van der Waals surface area contributed by atoms with Crippen LogP contribution in [0.1, 0.15) is 42.6 Å². The fraction of sp³-hybridized carbons (Fsp3) is 0.360. The Kier molecular flexibility index (Phi) is 6.44. The van der Waals surface area contributed by atoms with Crippen molar-refractivity contribution in [2.75, 3.05) is 20.8 Å². The highest BCUT2D eigenvalue weighted by Crippen LogP contribution is 2.36. The van der Waals surface area contributed by atoms with Gasteiger partial charge in [-0.2, -0.15) is 4.98 Å². The molecule has 2 aromatic heterocycles. The molecule has 0 spiro atoms. The molecule has 9 heteroatoms. The SMILES string of the molecule is COc1ccc(-c2noc(CCC(=O)N3CCCCC3c3nc4ccccc4s3)n2)cc1OC. The first kappa shape index (κ1) is 22.3. The Morgan fingerprint density at radius 1 is 1.12 bits per heavy atom. The van der Waals surface area contributed by atoms with Crippen LogP contribution in [-0.4, -0.2) is 46.7 Å². The van der Waals surface area contributed by atoms with Crippen molar-refractivity contribution in [3.05, 3.63) is 53.4 Å². The van der Waals surface area contributed by atoms with Gasteiger partial charge in [-0.1, -0.05) is 17.3 Å². The van der Waals surface area contributed by atoms with E-state index in [-0.39, 0.29) is 11.9 Å². The number of para-hydroxylation sites is 1. The maximum Gasteiger partial charge on any atom is 0.227 e. The van der Waals surface area contributed by atoms with Crippen LogP contribution >= 0.6 is 11.3 Å². The lowest BCUT2D eigenvalue weighted by Gasteiger charge is -2.34. The second kappa shape index (κ2) is 9.80. The number of amides is 1. The Hall–Kier alpha value is -3.46. The van der Waals surface area contributed by atoms with Crippen LogP contribution in [-0.2, 0) is 11.2 Å². The molecule has 0 N–H and O–H groups in total. The summed E-state index contributed by atoms with van der Waals surface area (Å²) in [6.07, 6.45) is 3.76. The van der Waals surface area contributed by atoms with Gasteiger partial charge in [0.1, 0.15) is 5.01 Å². The Labute approximate surface area is 201 Å². The summed E-state index contributed by atoms with van der Waals surface area (Å²) in [5.74, 6) is 2.20. The fourth-order valence-corrected chi connectivity index (χ4v) is 5.44. The van der Waals surface area contributed by atoms with Gasteiger partial charge < -0.3 is 18.9 Å². The van der Waals surface area contributed by atoms with Crippen molar-refractivity contribution >= 4 is 27.5 Å². The van der Waals surface area contributed by atoms with Crippen LogP contribution in [0, 0.1) is 0 Å². The molecule has 34 heavy (non-hydrogen) atoms. The number of aryl methyl sites for hydroxylation is 1. The number of benzene rings is 2. The molecule has 0 bridgehead atoms. The Morgan fingerprint density at radius 3 is 2.79 bits per heavy atom. The summed E-state index contributed by atoms with van der Waals surface area (Å²) in [6.45, 7) is 0.750. The van der Waals surface area contributed by atoms with E-state index in [2.05, 4.69) is 16.2 Å². The molecule has 0 aliphatic carbocycles. The molecular formula is C25H26N4O4S. The lowest BCUT2D eigenvalue weighted by molar-refractivity contribution is -0.135. The van der Waals surface area contributed by atoms with Crippen molar-refractivity contribution < 1.29 is 18.8 Å². The number of nitrogens with zero attached hydrogens (tertiary/aromatic N) is 4. The number of hydrogen-bond donors (Lipinski definition) is 0. The van der Waals surface area contributed by atoms with E-state index in [0.29, 0.717) is 36.1 Å². The lowest BCUT2D eigenvalue weighted by Crippen LogP contribution is -2.38. The number of aromatic nitrogens is 3. The van der Waals surface area contributed by atoms with E-state index in [1.54, 1.807) is 37.7 Å². The first-order valence-electron chi connectivity index (χ1n) is 11.4. The summed E-state index contributed by atoms with van der Waals surface area (Å²) in [6, 6.07) is 13.6. The molecule has 1 fully saturated rings. The highest BCUT2D eigenvalue weighted by molar-refractivity contribution is 7.18. The third-order valence-corrected chi connectivity index (χ3v) is 7.22. The molecule has 2 aromatic carbocycles. The van der Waals surface area contributed by atoms with Gasteiger partial charge in [-0.3, -0.25) is 4.79 Å². The van der Waals surface area contributed by atoms with Crippen LogP contribution < -0.4 is 9.47 Å². The van der Waals surface area contributed by atoms with Gasteiger partial charge in [-0.15, -0.1) is 11.3 Å². The van der Waals surface area contributed by atoms with Crippen LogP contribution in [0.5, 0.6) is 11.5 Å². The number of likely N-dealkylation sites (tertiary alicyclic amines) is 1. The molecule has 1 amide bonds. The van der Waals surface area contributed by atoms with Gasteiger partial charge in [-0.25, -0.2) is 4.98 Å². The maximum absolute atomic E-state index is 13.2. The number of methoxy groups -OCH3 is 2. The quantitative estimate of drug-likeness (QED) is 0.367. The van der Waals surface area contributed by atoms with Crippen molar-refractivity contribution in [1.82, 2.24) is 20.0 Å². The molecule has 176 valence electrons. The topological polar surface area (TPSA) is 90.6 Å². The van der Waals surface area contributed by atoms with E-state index in [4.69, 9.17) is 19.0 Å². The summed E-state index contributed by atoms with van der Waals surface area (Å²) in [7, 11) is 3.17. The Bertz CT molecular complexity index is 1270. The van der Waals surface area contributed by atoms with Crippen LogP contribution in [0.3, 0.4) is 0 Å². The van der Waals surface area contributed by atoms with Crippen molar-refractivity contribution in [3.8, 4) is 22.9 Å². The molecule has 1 aliphatic rings. The monoisotopic (exact) mass is 478 g/mol. The molecule has 8 nitrogen and oxygen atoms in total. The van der Waals surface area contributed by atoms with E-state index in [1.165, 1.54) is 0 Å². The van der Waals surface area contributed by atoms with E-state index in [0.717, 1.165) is 46.6 Å². The Morgan fingerprint density at radius 2 is 1.97 bits per heavy atom. The number of carbonyl (C=O) groups excluding carboxylic acids is 1. The van der Waals surface area contributed by atoms with Gasteiger partial charge in [0.15, 0.2) is 11.5 Å². The number of carbonyl (C=O) groups is 1. The zero-order valence-corrected chi connectivity index (χ0v) is 20.0. The molecular weight excluding hydrogens is 452 g/mol. The predicted octanol–water partition coefficient (Wildman–Crippen LogP) is 5.05. The third kappa shape index (κ3) is 4.48. The van der Waals surface area contributed by atoms with E-state index in [1.807, 2.05) is 29.2 Å². The molecule has 1 aliphatic heterocycles. The fourth-order valence-electron chi connectivity index (χ4n) is 4.33. The zero-order valence-electron chi connectivity index (χ0n) is 19.2. The summed E-state index contributed by atoms with van der Waals surface area (Å²) in [4.78, 5) is 24.5. The second-order valence-electron chi connectivity index (χ2n) is 8.20. The molecule has 0 radical (unpaired) electrons. The molecule has 0 saturated carbocycles. The normalized spacial score (nSPS) is 16.1. The molecule has 3 heterocycles. The minimum atomic E-state index is 0.0312. The molecule has 1 atom stereocenters. The van der Waals surface area contributed by atoms with Gasteiger partial charge in [0, 0.05) is 24.9 Å². The lowest BCUT2D eigenvalue weighted by atomic mass is 10.0. The van der Waals surface area contributed by atoms with Gasteiger partial charge in [-0.05, 0) is 49.6 Å². The van der Waals surface area contributed by atoms with Crippen molar-refractivity contribution in [3.63, 3.8) is 0 Å². The van der Waals surface area contributed by atoms with Crippen molar-refractivity contribution in [2.24, 2.45) is 0 Å². The first-order chi connectivity index (χ1) is 16.7. The van der Waals surface area contributed by atoms with Gasteiger partial charge in [0.2, 0.25) is 17.6 Å². The number of rotatable bonds is 7. The predicted molar refractivity (Wildman–Crippen MR) is 129 cm³/mol. The molecule has 1 saturated heterocycles. The van der Waals surface area contributed by atoms with Crippen LogP contribution in [0.4, 0.5) is 0 Å². The minimum Gasteiger partial charge on any atom is -0.493 e. The van der Waals surface area contributed by atoms with Gasteiger partial charge >= 0.3 is 0 Å². The number of thiazole rings is 1. The third-order valence-electron chi connectivity index (χ3n) is 6.08. The number of piperidine rings is 1. The minimum absolute atomic E-state index is 0.0312. The number of hydrogen-bond acceptors (Lipinski definition) is 8. The van der Waals surface area contributed by atoms with Crippen LogP contribution in [0.15, 0.2) is 47.0 Å². The molecule has 5 rings (SSSR count). The molecule has 4 aromatic rings. The summed E-state index contributed by atoms with van der Waals surface area (Å²) in [5.41, 5.74) is 1.75. The highest BCUT2D eigenvalue weighted by atomic mass is 32.1. The van der Waals surface area contributed by atoms with Crippen LogP contribution in [0.25, 0.3) is 21.6 Å². The maximum atomic E-state index is 13.2. The summed E-state index contributed by atoms with van der Waals surface area (Å²) in [5, 5.41) is 5.10. The van der Waals surface area contributed by atoms with Gasteiger partial charge in [0.05, 0.1) is 30.5 Å². The average molecular weight is 479 g/mol. The van der Waals surface area contributed by atoms with E-state index < -0.39 is 0 Å². The van der Waals surface area contributed by atoms with E-state index in [9.17, 15) is 4.79 Å². The highest BCUT2D eigenvalue weighted by Gasteiger charge is 2.30. The summed E-state index contributed by atoms with van der Waals surface area (Å²) >= 11 is 1.68. The van der Waals surface area contributed by atoms with Crippen LogP contribution in [0.2, 0.25) is 0 Å². The van der Waals surface area contributed by atoms with Gasteiger partial charge in [0.25, 0.3) is 0 Å². The number of ether oxygens (including phenoxy) is 2. The Balaban J connectivity index is 1.27. The first-order valence-corrected chi connectivity index (χ1v) is 12.2. The average Bonchev–Trinajstić information content (AvgIpc) is 3.54. The van der Waals surface area contributed by atoms with Crippen molar-refractivity contribution in [2.45, 2.75) is 38.1 Å². The molecule has 1 unspecified atom stereocenters. The second-order valence-corrected chi connectivity index (χ2v) is 9.26.